The molecular formula is C13H17F3N2O. The minimum Gasteiger partial charge on any atom is -0.377 e. The van der Waals surface area contributed by atoms with Gasteiger partial charge in [0.05, 0.1) is 5.56 Å². The van der Waals surface area contributed by atoms with Crippen molar-refractivity contribution < 1.29 is 18.0 Å². The molecule has 0 bridgehead atoms. The highest BCUT2D eigenvalue weighted by Crippen LogP contribution is 2.37. The molecule has 1 aromatic rings. The van der Waals surface area contributed by atoms with E-state index in [9.17, 15) is 18.0 Å². The van der Waals surface area contributed by atoms with Crippen LogP contribution in [0.3, 0.4) is 0 Å². The number of alkyl halides is 3. The molecule has 0 atom stereocenters. The van der Waals surface area contributed by atoms with Crippen LogP contribution in [0.4, 0.5) is 24.5 Å². The Morgan fingerprint density at radius 2 is 1.95 bits per heavy atom. The molecular weight excluding hydrogens is 257 g/mol. The summed E-state index contributed by atoms with van der Waals surface area (Å²) in [6.45, 7) is 1.83. The molecule has 19 heavy (non-hydrogen) atoms. The number of hydrogen-bond donors (Lipinski definition) is 1. The summed E-state index contributed by atoms with van der Waals surface area (Å²) in [7, 11) is 3.08. The zero-order chi connectivity index (χ0) is 14.6. The molecule has 0 heterocycles. The fraction of sp³-hybridized carbons (Fsp3) is 0.462. The topological polar surface area (TPSA) is 32.3 Å². The van der Waals surface area contributed by atoms with Crippen LogP contribution < -0.4 is 10.2 Å². The molecule has 1 aromatic carbocycles. The van der Waals surface area contributed by atoms with Gasteiger partial charge in [-0.05, 0) is 24.6 Å². The highest BCUT2D eigenvalue weighted by molar-refractivity contribution is 5.91. The van der Waals surface area contributed by atoms with Gasteiger partial charge in [-0.15, -0.1) is 0 Å². The third-order valence-corrected chi connectivity index (χ3v) is 2.54. The zero-order valence-electron chi connectivity index (χ0n) is 11.1. The van der Waals surface area contributed by atoms with Gasteiger partial charge in [-0.3, -0.25) is 4.79 Å². The Hall–Kier alpha value is -1.72. The minimum atomic E-state index is -4.45. The average Bonchev–Trinajstić information content (AvgIpc) is 2.27. The summed E-state index contributed by atoms with van der Waals surface area (Å²) in [5.41, 5.74) is -0.524. The van der Waals surface area contributed by atoms with Gasteiger partial charge in [0.15, 0.2) is 0 Å². The quantitative estimate of drug-likeness (QED) is 0.911. The number of carbonyl (C=O) groups is 1. The average molecular weight is 274 g/mol. The fourth-order valence-electron chi connectivity index (χ4n) is 1.68. The fourth-order valence-corrected chi connectivity index (χ4v) is 1.68. The maximum Gasteiger partial charge on any atom is 0.418 e. The first kappa shape index (κ1) is 15.3. The molecule has 6 heteroatoms. The number of halogens is 3. The van der Waals surface area contributed by atoms with Gasteiger partial charge in [0.2, 0.25) is 5.91 Å². The predicted octanol–water partition coefficient (Wildman–Crippen LogP) is 3.51. The van der Waals surface area contributed by atoms with Crippen LogP contribution >= 0.6 is 0 Å². The van der Waals surface area contributed by atoms with Gasteiger partial charge in [-0.1, -0.05) is 6.92 Å². The number of carbonyl (C=O) groups excluding carboxylic acids is 1. The monoisotopic (exact) mass is 274 g/mol. The molecule has 0 aromatic heterocycles. The molecule has 0 saturated heterocycles. The second kappa shape index (κ2) is 5.95. The van der Waals surface area contributed by atoms with Crippen LogP contribution in [0.5, 0.6) is 0 Å². The smallest absolute Gasteiger partial charge is 0.377 e. The Kier molecular flexibility index (Phi) is 4.80. The van der Waals surface area contributed by atoms with E-state index in [1.54, 1.807) is 14.1 Å². The summed E-state index contributed by atoms with van der Waals surface area (Å²) in [6, 6.07) is 3.78. The highest BCUT2D eigenvalue weighted by Gasteiger charge is 2.34. The number of benzene rings is 1. The standard InChI is InChI=1S/C13H17F3N2O/c1-4-5-12(19)17-9-6-7-11(18(2)3)10(8-9)13(14,15)16/h6-8H,4-5H2,1-3H3,(H,17,19). The summed E-state index contributed by atoms with van der Waals surface area (Å²) < 4.78 is 38.8. The highest BCUT2D eigenvalue weighted by atomic mass is 19.4. The summed E-state index contributed by atoms with van der Waals surface area (Å²) in [6.07, 6.45) is -3.52. The lowest BCUT2D eigenvalue weighted by molar-refractivity contribution is -0.137. The molecule has 0 fully saturated rings. The van der Waals surface area contributed by atoms with Crippen molar-refractivity contribution in [2.45, 2.75) is 25.9 Å². The van der Waals surface area contributed by atoms with Crippen molar-refractivity contribution >= 4 is 17.3 Å². The Morgan fingerprint density at radius 1 is 1.32 bits per heavy atom. The van der Waals surface area contributed by atoms with E-state index in [0.29, 0.717) is 6.42 Å². The summed E-state index contributed by atoms with van der Waals surface area (Å²) in [5.74, 6) is -0.284. The van der Waals surface area contributed by atoms with Crippen LogP contribution in [0.25, 0.3) is 0 Å². The molecule has 1 rings (SSSR count). The first-order chi connectivity index (χ1) is 8.75. The lowest BCUT2D eigenvalue weighted by Gasteiger charge is -2.20. The normalized spacial score (nSPS) is 11.3. The van der Waals surface area contributed by atoms with Gasteiger partial charge < -0.3 is 10.2 Å². The van der Waals surface area contributed by atoms with Crippen molar-refractivity contribution in [2.24, 2.45) is 0 Å². The zero-order valence-corrected chi connectivity index (χ0v) is 11.1. The van der Waals surface area contributed by atoms with Gasteiger partial charge in [0, 0.05) is 31.9 Å². The van der Waals surface area contributed by atoms with Crippen LogP contribution in [-0.2, 0) is 11.0 Å². The number of nitrogens with zero attached hydrogens (tertiary/aromatic N) is 1. The van der Waals surface area contributed by atoms with Crippen LogP contribution in [0.2, 0.25) is 0 Å². The first-order valence-electron chi connectivity index (χ1n) is 5.94. The Labute approximate surface area is 110 Å². The van der Waals surface area contributed by atoms with Gasteiger partial charge >= 0.3 is 6.18 Å². The maximum absolute atomic E-state index is 12.9. The van der Waals surface area contributed by atoms with E-state index < -0.39 is 11.7 Å². The van der Waals surface area contributed by atoms with Crippen LogP contribution in [-0.4, -0.2) is 20.0 Å². The molecule has 0 aliphatic rings. The van der Waals surface area contributed by atoms with E-state index in [-0.39, 0.29) is 23.7 Å². The summed E-state index contributed by atoms with van der Waals surface area (Å²) in [5, 5.41) is 2.46. The van der Waals surface area contributed by atoms with Crippen molar-refractivity contribution in [3.8, 4) is 0 Å². The number of amides is 1. The van der Waals surface area contributed by atoms with Crippen LogP contribution in [0.1, 0.15) is 25.3 Å². The van der Waals surface area contributed by atoms with E-state index in [0.717, 1.165) is 6.07 Å². The number of hydrogen-bond acceptors (Lipinski definition) is 2. The molecule has 0 unspecified atom stereocenters. The van der Waals surface area contributed by atoms with Gasteiger partial charge in [-0.25, -0.2) is 0 Å². The van der Waals surface area contributed by atoms with Crippen molar-refractivity contribution in [3.05, 3.63) is 23.8 Å². The van der Waals surface area contributed by atoms with E-state index in [1.807, 2.05) is 6.92 Å². The van der Waals surface area contributed by atoms with Crippen molar-refractivity contribution in [1.29, 1.82) is 0 Å². The number of nitrogens with one attached hydrogen (secondary N) is 1. The van der Waals surface area contributed by atoms with E-state index in [1.165, 1.54) is 17.0 Å². The molecule has 0 saturated carbocycles. The molecule has 0 radical (unpaired) electrons. The molecule has 0 spiro atoms. The second-order valence-corrected chi connectivity index (χ2v) is 4.42. The molecule has 1 N–H and O–H groups in total. The third-order valence-electron chi connectivity index (χ3n) is 2.54. The minimum absolute atomic E-state index is 0.0704. The van der Waals surface area contributed by atoms with Crippen molar-refractivity contribution in [1.82, 2.24) is 0 Å². The van der Waals surface area contributed by atoms with Gasteiger partial charge in [0.1, 0.15) is 0 Å². The number of anilines is 2. The van der Waals surface area contributed by atoms with Crippen molar-refractivity contribution in [3.63, 3.8) is 0 Å². The predicted molar refractivity (Wildman–Crippen MR) is 69.3 cm³/mol. The Balaban J connectivity index is 3.09. The summed E-state index contributed by atoms with van der Waals surface area (Å²) >= 11 is 0. The maximum atomic E-state index is 12.9. The first-order valence-corrected chi connectivity index (χ1v) is 5.94. The molecule has 0 aliphatic heterocycles. The second-order valence-electron chi connectivity index (χ2n) is 4.42. The van der Waals surface area contributed by atoms with Crippen LogP contribution in [0.15, 0.2) is 18.2 Å². The largest absolute Gasteiger partial charge is 0.418 e. The van der Waals surface area contributed by atoms with E-state index in [2.05, 4.69) is 5.32 Å². The van der Waals surface area contributed by atoms with Crippen molar-refractivity contribution in [2.75, 3.05) is 24.3 Å². The van der Waals surface area contributed by atoms with E-state index >= 15 is 0 Å². The Morgan fingerprint density at radius 3 is 2.42 bits per heavy atom. The summed E-state index contributed by atoms with van der Waals surface area (Å²) in [4.78, 5) is 12.8. The van der Waals surface area contributed by atoms with Gasteiger partial charge in [0.25, 0.3) is 0 Å². The third kappa shape index (κ3) is 4.15. The lowest BCUT2D eigenvalue weighted by atomic mass is 10.1. The molecule has 3 nitrogen and oxygen atoms in total. The SMILES string of the molecule is CCCC(=O)Nc1ccc(N(C)C)c(C(F)(F)F)c1. The molecule has 1 amide bonds. The van der Waals surface area contributed by atoms with E-state index in [4.69, 9.17) is 0 Å². The molecule has 106 valence electrons. The Bertz CT molecular complexity index is 456. The van der Waals surface area contributed by atoms with Crippen LogP contribution in [0, 0.1) is 0 Å². The van der Waals surface area contributed by atoms with Gasteiger partial charge in [-0.2, -0.15) is 13.2 Å². The lowest BCUT2D eigenvalue weighted by Crippen LogP contribution is -2.18. The number of rotatable bonds is 4. The molecule has 0 aliphatic carbocycles.